The van der Waals surface area contributed by atoms with E-state index in [2.05, 4.69) is 0 Å². The van der Waals surface area contributed by atoms with Crippen LogP contribution < -0.4 is 5.73 Å². The fraction of sp³-hybridized carbons (Fsp3) is 1.00. The third-order valence-corrected chi connectivity index (χ3v) is 3.71. The van der Waals surface area contributed by atoms with Crippen LogP contribution in [0.25, 0.3) is 0 Å². The van der Waals surface area contributed by atoms with Crippen molar-refractivity contribution in [2.75, 3.05) is 6.61 Å². The van der Waals surface area contributed by atoms with Gasteiger partial charge >= 0.3 is 0 Å². The fourth-order valence-electron chi connectivity index (χ4n) is 2.66. The third kappa shape index (κ3) is 2.10. The van der Waals surface area contributed by atoms with E-state index in [0.717, 1.165) is 38.7 Å². The van der Waals surface area contributed by atoms with Gasteiger partial charge in [-0.2, -0.15) is 0 Å². The van der Waals surface area contributed by atoms with Crippen LogP contribution in [0.2, 0.25) is 0 Å². The summed E-state index contributed by atoms with van der Waals surface area (Å²) in [5.41, 5.74) is 6.21. The van der Waals surface area contributed by atoms with Crippen LogP contribution in [0, 0.1) is 0 Å². The molecular formula is C11H21NO2. The number of aliphatic hydroxyl groups is 1. The Labute approximate surface area is 85.6 Å². The number of hydrogen-bond donors (Lipinski definition) is 2. The molecule has 0 amide bonds. The second-order valence-electron chi connectivity index (χ2n) is 4.82. The van der Waals surface area contributed by atoms with Gasteiger partial charge in [-0.25, -0.2) is 0 Å². The lowest BCUT2D eigenvalue weighted by Gasteiger charge is -2.43. The molecule has 3 nitrogen and oxygen atoms in total. The van der Waals surface area contributed by atoms with Crippen molar-refractivity contribution in [2.45, 2.75) is 62.7 Å². The van der Waals surface area contributed by atoms with Gasteiger partial charge in [0, 0.05) is 12.1 Å². The van der Waals surface area contributed by atoms with Gasteiger partial charge in [0.2, 0.25) is 0 Å². The molecule has 0 bridgehead atoms. The van der Waals surface area contributed by atoms with Crippen LogP contribution in [-0.4, -0.2) is 29.5 Å². The van der Waals surface area contributed by atoms with E-state index in [1.165, 1.54) is 12.8 Å². The van der Waals surface area contributed by atoms with Crippen LogP contribution >= 0.6 is 0 Å². The van der Waals surface area contributed by atoms with Crippen molar-refractivity contribution in [3.63, 3.8) is 0 Å². The fourth-order valence-corrected chi connectivity index (χ4v) is 2.66. The second kappa shape index (κ2) is 4.17. The largest absolute Gasteiger partial charge is 0.393 e. The lowest BCUT2D eigenvalue weighted by Crippen LogP contribution is -2.55. The summed E-state index contributed by atoms with van der Waals surface area (Å²) in [5.74, 6) is 0. The number of ether oxygens (including phenoxy) is 1. The molecule has 0 aromatic carbocycles. The maximum Gasteiger partial charge on any atom is 0.0754 e. The zero-order valence-electron chi connectivity index (χ0n) is 8.74. The van der Waals surface area contributed by atoms with E-state index in [1.807, 2.05) is 0 Å². The molecule has 2 rings (SSSR count). The van der Waals surface area contributed by atoms with Crippen molar-refractivity contribution in [2.24, 2.45) is 5.73 Å². The van der Waals surface area contributed by atoms with Gasteiger partial charge in [-0.3, -0.25) is 0 Å². The van der Waals surface area contributed by atoms with Gasteiger partial charge in [0.1, 0.15) is 0 Å². The lowest BCUT2D eigenvalue weighted by atomic mass is 9.75. The Morgan fingerprint density at radius 3 is 2.43 bits per heavy atom. The van der Waals surface area contributed by atoms with Crippen LogP contribution in [0.5, 0.6) is 0 Å². The minimum Gasteiger partial charge on any atom is -0.393 e. The van der Waals surface area contributed by atoms with Crippen LogP contribution in [-0.2, 0) is 4.74 Å². The smallest absolute Gasteiger partial charge is 0.0754 e. The van der Waals surface area contributed by atoms with Gasteiger partial charge < -0.3 is 15.6 Å². The molecule has 0 spiro atoms. The average Bonchev–Trinajstić information content (AvgIpc) is 2.24. The molecule has 14 heavy (non-hydrogen) atoms. The van der Waals surface area contributed by atoms with Crippen LogP contribution in [0.4, 0.5) is 0 Å². The van der Waals surface area contributed by atoms with Crippen LogP contribution in [0.15, 0.2) is 0 Å². The van der Waals surface area contributed by atoms with Crippen molar-refractivity contribution >= 4 is 0 Å². The molecule has 1 aliphatic carbocycles. The second-order valence-corrected chi connectivity index (χ2v) is 4.82. The van der Waals surface area contributed by atoms with Gasteiger partial charge in [-0.15, -0.1) is 0 Å². The topological polar surface area (TPSA) is 55.5 Å². The van der Waals surface area contributed by atoms with Gasteiger partial charge in [0.05, 0.1) is 12.2 Å². The Balaban J connectivity index is 1.93. The first-order chi connectivity index (χ1) is 6.71. The highest BCUT2D eigenvalue weighted by Gasteiger charge is 2.39. The van der Waals surface area contributed by atoms with Gasteiger partial charge in [-0.05, 0) is 44.9 Å². The summed E-state index contributed by atoms with van der Waals surface area (Å²) in [6, 6.07) is 0. The van der Waals surface area contributed by atoms with E-state index in [0.29, 0.717) is 0 Å². The maximum atomic E-state index is 9.44. The molecule has 3 heteroatoms. The van der Waals surface area contributed by atoms with E-state index in [1.54, 1.807) is 0 Å². The summed E-state index contributed by atoms with van der Waals surface area (Å²) < 4.78 is 5.75. The summed E-state index contributed by atoms with van der Waals surface area (Å²) in [6.07, 6.45) is 7.15. The van der Waals surface area contributed by atoms with Crippen LogP contribution in [0.1, 0.15) is 44.9 Å². The van der Waals surface area contributed by atoms with Crippen LogP contribution in [0.3, 0.4) is 0 Å². The first-order valence-electron chi connectivity index (χ1n) is 5.79. The molecule has 2 fully saturated rings. The summed E-state index contributed by atoms with van der Waals surface area (Å²) in [6.45, 7) is 0.867. The molecule has 0 radical (unpaired) electrons. The highest BCUT2D eigenvalue weighted by atomic mass is 16.5. The van der Waals surface area contributed by atoms with Gasteiger partial charge in [-0.1, -0.05) is 0 Å². The minimum atomic E-state index is -0.153. The molecule has 1 atom stereocenters. The summed E-state index contributed by atoms with van der Waals surface area (Å²) >= 11 is 0. The Kier molecular flexibility index (Phi) is 3.10. The van der Waals surface area contributed by atoms with Gasteiger partial charge in [0.25, 0.3) is 0 Å². The first-order valence-corrected chi connectivity index (χ1v) is 5.79. The Hall–Kier alpha value is -0.120. The Morgan fingerprint density at radius 1 is 1.14 bits per heavy atom. The number of rotatable bonds is 1. The van der Waals surface area contributed by atoms with Crippen molar-refractivity contribution in [3.8, 4) is 0 Å². The molecule has 1 unspecified atom stereocenters. The van der Waals surface area contributed by atoms with Crippen molar-refractivity contribution in [1.82, 2.24) is 0 Å². The normalized spacial score (nSPS) is 45.0. The molecule has 0 aromatic rings. The summed E-state index contributed by atoms with van der Waals surface area (Å²) in [7, 11) is 0. The predicted molar refractivity (Wildman–Crippen MR) is 55.0 cm³/mol. The van der Waals surface area contributed by atoms with Gasteiger partial charge in [0.15, 0.2) is 0 Å². The molecule has 1 saturated heterocycles. The Bertz CT molecular complexity index is 182. The molecule has 1 aliphatic heterocycles. The standard InChI is InChI=1S/C11H21NO2/c12-11(6-4-9(13)5-7-11)10-3-1-2-8-14-10/h9-10,13H,1-8,12H2. The summed E-state index contributed by atoms with van der Waals surface area (Å²) in [4.78, 5) is 0. The zero-order chi connectivity index (χ0) is 10.0. The van der Waals surface area contributed by atoms with E-state index >= 15 is 0 Å². The molecule has 2 aliphatic rings. The van der Waals surface area contributed by atoms with E-state index in [9.17, 15) is 5.11 Å². The Morgan fingerprint density at radius 2 is 1.86 bits per heavy atom. The SMILES string of the molecule is NC1(C2CCCCO2)CCC(O)CC1. The lowest BCUT2D eigenvalue weighted by molar-refractivity contribution is -0.0547. The molecule has 3 N–H and O–H groups in total. The molecule has 1 saturated carbocycles. The highest BCUT2D eigenvalue weighted by molar-refractivity contribution is 4.97. The minimum absolute atomic E-state index is 0.129. The highest BCUT2D eigenvalue weighted by Crippen LogP contribution is 2.34. The van der Waals surface area contributed by atoms with Crippen molar-refractivity contribution < 1.29 is 9.84 Å². The van der Waals surface area contributed by atoms with E-state index in [4.69, 9.17) is 10.5 Å². The molecule has 82 valence electrons. The van der Waals surface area contributed by atoms with Crippen molar-refractivity contribution in [1.29, 1.82) is 0 Å². The number of nitrogens with two attached hydrogens (primary N) is 1. The summed E-state index contributed by atoms with van der Waals surface area (Å²) in [5, 5.41) is 9.44. The number of hydrogen-bond acceptors (Lipinski definition) is 3. The van der Waals surface area contributed by atoms with E-state index < -0.39 is 0 Å². The molecule has 1 heterocycles. The number of aliphatic hydroxyl groups excluding tert-OH is 1. The quantitative estimate of drug-likeness (QED) is 0.667. The molecule has 0 aromatic heterocycles. The molecular weight excluding hydrogens is 178 g/mol. The third-order valence-electron chi connectivity index (χ3n) is 3.71. The maximum absolute atomic E-state index is 9.44. The first kappa shape index (κ1) is 10.4. The predicted octanol–water partition coefficient (Wildman–Crippen LogP) is 1.19. The zero-order valence-corrected chi connectivity index (χ0v) is 8.74. The van der Waals surface area contributed by atoms with Crippen molar-refractivity contribution in [3.05, 3.63) is 0 Å². The average molecular weight is 199 g/mol. The van der Waals surface area contributed by atoms with E-state index in [-0.39, 0.29) is 17.7 Å². The monoisotopic (exact) mass is 199 g/mol.